The van der Waals surface area contributed by atoms with Gasteiger partial charge in [0.1, 0.15) is 11.6 Å². The molecular formula is C32H42N2O8. The number of carboxylic acid groups (broad SMARTS) is 1. The first-order chi connectivity index (χ1) is 20.0. The quantitative estimate of drug-likeness (QED) is 0.336. The van der Waals surface area contributed by atoms with Gasteiger partial charge in [0.2, 0.25) is 5.91 Å². The Hall–Kier alpha value is -3.31. The Kier molecular flexibility index (Phi) is 10.7. The number of aliphatic hydroxyl groups excluding tert-OH is 1. The average Bonchev–Trinajstić information content (AvgIpc) is 3.42. The number of carbonyl (C=O) groups excluding carboxylic acids is 2. The molecule has 0 spiro atoms. The van der Waals surface area contributed by atoms with Gasteiger partial charge in [0.25, 0.3) is 0 Å². The highest BCUT2D eigenvalue weighted by Gasteiger charge is 2.38. The second-order valence-corrected chi connectivity index (χ2v) is 11.9. The molecule has 2 saturated heterocycles. The summed E-state index contributed by atoms with van der Waals surface area (Å²) >= 11 is 0. The van der Waals surface area contributed by atoms with Gasteiger partial charge in [-0.05, 0) is 56.8 Å². The first-order valence-electron chi connectivity index (χ1n) is 14.6. The number of nitrogens with one attached hydrogen (secondary N) is 1. The van der Waals surface area contributed by atoms with Gasteiger partial charge in [0.15, 0.2) is 6.29 Å². The molecule has 42 heavy (non-hydrogen) atoms. The Morgan fingerprint density at radius 1 is 0.976 bits per heavy atom. The van der Waals surface area contributed by atoms with Crippen LogP contribution in [0.2, 0.25) is 0 Å². The van der Waals surface area contributed by atoms with E-state index in [0.717, 1.165) is 41.6 Å². The first kappa shape index (κ1) is 31.6. The van der Waals surface area contributed by atoms with E-state index in [-0.39, 0.29) is 56.1 Å². The van der Waals surface area contributed by atoms with Gasteiger partial charge in [-0.2, -0.15) is 0 Å². The summed E-state index contributed by atoms with van der Waals surface area (Å²) in [4.78, 5) is 37.7. The van der Waals surface area contributed by atoms with Crippen molar-refractivity contribution in [1.82, 2.24) is 10.2 Å². The predicted octanol–water partition coefficient (Wildman–Crippen LogP) is 4.01. The van der Waals surface area contributed by atoms with E-state index in [1.54, 1.807) is 0 Å². The number of aliphatic carboxylic acids is 1. The summed E-state index contributed by atoms with van der Waals surface area (Å²) < 4.78 is 18.6. The van der Waals surface area contributed by atoms with E-state index in [1.165, 1.54) is 0 Å². The molecule has 4 atom stereocenters. The van der Waals surface area contributed by atoms with Crippen LogP contribution in [0.3, 0.4) is 0 Å². The highest BCUT2D eigenvalue weighted by molar-refractivity contribution is 5.80. The molecule has 4 rings (SSSR count). The topological polar surface area (TPSA) is 135 Å². The number of carboxylic acids is 1. The van der Waals surface area contributed by atoms with E-state index < -0.39 is 17.9 Å². The van der Waals surface area contributed by atoms with E-state index in [2.05, 4.69) is 10.2 Å². The molecule has 0 bridgehead atoms. The molecule has 0 saturated carbocycles. The number of aliphatic hydroxyl groups is 1. The lowest BCUT2D eigenvalue weighted by molar-refractivity contribution is -0.253. The number of carbonyl (C=O) groups is 3. The number of hydrogen-bond donors (Lipinski definition) is 3. The van der Waals surface area contributed by atoms with Crippen LogP contribution in [0, 0.1) is 0 Å². The van der Waals surface area contributed by atoms with Gasteiger partial charge in [0.05, 0.1) is 25.2 Å². The lowest BCUT2D eigenvalue weighted by atomic mass is 9.99. The molecule has 10 nitrogen and oxygen atoms in total. The SMILES string of the molecule is CC(C)(C)OC(=O)[C@@H]1CCCN1C[C@@H]1C[C@H](c2ccc(CO)cc2)O[C@H](c2ccc(CNC(=O)CCC(=O)O)cc2)O1. The number of likely N-dealkylation sites (tertiary alicyclic amines) is 1. The van der Waals surface area contributed by atoms with Crippen LogP contribution in [0.25, 0.3) is 0 Å². The Morgan fingerprint density at radius 3 is 2.29 bits per heavy atom. The van der Waals surface area contributed by atoms with E-state index >= 15 is 0 Å². The van der Waals surface area contributed by atoms with Gasteiger partial charge < -0.3 is 29.7 Å². The largest absolute Gasteiger partial charge is 0.481 e. The van der Waals surface area contributed by atoms with Crippen molar-refractivity contribution in [2.24, 2.45) is 0 Å². The van der Waals surface area contributed by atoms with E-state index in [4.69, 9.17) is 19.3 Å². The van der Waals surface area contributed by atoms with E-state index in [0.29, 0.717) is 13.0 Å². The summed E-state index contributed by atoms with van der Waals surface area (Å²) in [5.74, 6) is -1.52. The maximum absolute atomic E-state index is 12.9. The van der Waals surface area contributed by atoms with Crippen molar-refractivity contribution in [3.63, 3.8) is 0 Å². The van der Waals surface area contributed by atoms with Crippen molar-refractivity contribution in [2.45, 2.75) is 96.2 Å². The van der Waals surface area contributed by atoms with Gasteiger partial charge in [-0.15, -0.1) is 0 Å². The number of amides is 1. The zero-order valence-electron chi connectivity index (χ0n) is 24.6. The van der Waals surface area contributed by atoms with Gasteiger partial charge in [-0.25, -0.2) is 0 Å². The second-order valence-electron chi connectivity index (χ2n) is 11.9. The fraction of sp³-hybridized carbons (Fsp3) is 0.531. The minimum absolute atomic E-state index is 0.0342. The Balaban J connectivity index is 1.46. The van der Waals surface area contributed by atoms with Crippen LogP contribution in [0.1, 0.15) is 87.5 Å². The van der Waals surface area contributed by atoms with Crippen molar-refractivity contribution in [1.29, 1.82) is 0 Å². The number of nitrogens with zero attached hydrogens (tertiary/aromatic N) is 1. The van der Waals surface area contributed by atoms with Gasteiger partial charge in [-0.3, -0.25) is 19.3 Å². The Labute approximate surface area is 246 Å². The lowest BCUT2D eigenvalue weighted by Crippen LogP contribution is -2.45. The van der Waals surface area contributed by atoms with Crippen LogP contribution >= 0.6 is 0 Å². The number of rotatable bonds is 11. The monoisotopic (exact) mass is 582 g/mol. The second kappa shape index (κ2) is 14.2. The van der Waals surface area contributed by atoms with Crippen LogP contribution in [-0.4, -0.2) is 63.8 Å². The van der Waals surface area contributed by atoms with Crippen LogP contribution < -0.4 is 5.32 Å². The van der Waals surface area contributed by atoms with Gasteiger partial charge in [-0.1, -0.05) is 48.5 Å². The van der Waals surface area contributed by atoms with Crippen LogP contribution in [-0.2, 0) is 41.7 Å². The van der Waals surface area contributed by atoms with Crippen LogP contribution in [0.4, 0.5) is 0 Å². The summed E-state index contributed by atoms with van der Waals surface area (Å²) in [6.45, 7) is 7.24. The Morgan fingerprint density at radius 2 is 1.64 bits per heavy atom. The third-order valence-corrected chi connectivity index (χ3v) is 7.40. The highest BCUT2D eigenvalue weighted by Crippen LogP contribution is 2.39. The molecule has 0 unspecified atom stereocenters. The predicted molar refractivity (Wildman–Crippen MR) is 154 cm³/mol. The molecule has 2 heterocycles. The van der Waals surface area contributed by atoms with Gasteiger partial charge in [0, 0.05) is 31.5 Å². The molecule has 2 aromatic rings. The van der Waals surface area contributed by atoms with Crippen molar-refractivity contribution in [3.05, 3.63) is 70.8 Å². The molecule has 0 aliphatic carbocycles. The molecule has 2 aliphatic rings. The van der Waals surface area contributed by atoms with E-state index in [1.807, 2.05) is 69.3 Å². The third kappa shape index (κ3) is 9.09. The molecule has 0 radical (unpaired) electrons. The van der Waals surface area contributed by atoms with Crippen LogP contribution in [0.5, 0.6) is 0 Å². The normalized spacial score (nSPS) is 23.0. The standard InChI is InChI=1S/C32H42N2O8/c1-32(2,3)42-30(39)26-5-4-16-34(26)19-25-17-27(23-10-8-22(20-35)9-11-23)41-31(40-25)24-12-6-21(7-13-24)18-33-28(36)14-15-29(37)38/h6-13,25-27,31,35H,4-5,14-20H2,1-3H3,(H,33,36)(H,37,38)/t25-,26-,27+,31+/m0/s1. The summed E-state index contributed by atoms with van der Waals surface area (Å²) in [6.07, 6.45) is 0.895. The molecule has 10 heteroatoms. The molecule has 0 aromatic heterocycles. The number of ether oxygens (including phenoxy) is 3. The molecule has 2 aliphatic heterocycles. The van der Waals surface area contributed by atoms with E-state index in [9.17, 15) is 19.5 Å². The fourth-order valence-corrected chi connectivity index (χ4v) is 5.28. The summed E-state index contributed by atoms with van der Waals surface area (Å²) in [6, 6.07) is 15.0. The third-order valence-electron chi connectivity index (χ3n) is 7.40. The maximum atomic E-state index is 12.9. The molecule has 228 valence electrons. The highest BCUT2D eigenvalue weighted by atomic mass is 16.7. The van der Waals surface area contributed by atoms with Crippen molar-refractivity contribution >= 4 is 17.8 Å². The molecular weight excluding hydrogens is 540 g/mol. The van der Waals surface area contributed by atoms with Crippen molar-refractivity contribution in [2.75, 3.05) is 13.1 Å². The number of hydrogen-bond acceptors (Lipinski definition) is 8. The van der Waals surface area contributed by atoms with Crippen LogP contribution in [0.15, 0.2) is 48.5 Å². The molecule has 1 amide bonds. The zero-order valence-corrected chi connectivity index (χ0v) is 24.6. The molecule has 2 aromatic carbocycles. The molecule has 3 N–H and O–H groups in total. The van der Waals surface area contributed by atoms with Crippen molar-refractivity contribution < 1.29 is 38.8 Å². The number of benzene rings is 2. The number of esters is 1. The first-order valence-corrected chi connectivity index (χ1v) is 14.6. The summed E-state index contributed by atoms with van der Waals surface area (Å²) in [7, 11) is 0. The molecule has 2 fully saturated rings. The smallest absolute Gasteiger partial charge is 0.323 e. The minimum atomic E-state index is -1.01. The Bertz CT molecular complexity index is 1210. The van der Waals surface area contributed by atoms with Crippen molar-refractivity contribution in [3.8, 4) is 0 Å². The minimum Gasteiger partial charge on any atom is -0.481 e. The maximum Gasteiger partial charge on any atom is 0.323 e. The zero-order chi connectivity index (χ0) is 30.3. The van der Waals surface area contributed by atoms with Gasteiger partial charge >= 0.3 is 11.9 Å². The summed E-state index contributed by atoms with van der Waals surface area (Å²) in [5.41, 5.74) is 2.94. The summed E-state index contributed by atoms with van der Waals surface area (Å²) in [5, 5.41) is 21.0. The lowest BCUT2D eigenvalue weighted by Gasteiger charge is -2.38. The average molecular weight is 583 g/mol. The fourth-order valence-electron chi connectivity index (χ4n) is 5.28.